The number of carbonyl (C=O) groups excluding carboxylic acids is 1. The van der Waals surface area contributed by atoms with Crippen LogP contribution in [-0.2, 0) is 0 Å². The van der Waals surface area contributed by atoms with Gasteiger partial charge in [0.1, 0.15) is 12.9 Å². The van der Waals surface area contributed by atoms with Crippen LogP contribution in [-0.4, -0.2) is 52.7 Å². The molecule has 0 bridgehead atoms. The summed E-state index contributed by atoms with van der Waals surface area (Å²) in [5.74, 6) is 1.50. The molecule has 5 heteroatoms. The summed E-state index contributed by atoms with van der Waals surface area (Å²) >= 11 is 0. The van der Waals surface area contributed by atoms with E-state index in [1.54, 1.807) is 12.1 Å². The highest BCUT2D eigenvalue weighted by molar-refractivity contribution is 5.78. The van der Waals surface area contributed by atoms with Crippen molar-refractivity contribution in [1.82, 2.24) is 4.90 Å². The molecule has 0 radical (unpaired) electrons. The molecule has 0 atom stereocenters. The van der Waals surface area contributed by atoms with Gasteiger partial charge in [-0.05, 0) is 26.2 Å². The van der Waals surface area contributed by atoms with Crippen molar-refractivity contribution in [2.24, 2.45) is 0 Å². The predicted molar refractivity (Wildman–Crippen MR) is 69.0 cm³/mol. The van der Waals surface area contributed by atoms with Gasteiger partial charge in [0.05, 0.1) is 14.2 Å². The summed E-state index contributed by atoms with van der Waals surface area (Å²) in [4.78, 5) is 12.9. The van der Waals surface area contributed by atoms with Crippen molar-refractivity contribution in [3.05, 3.63) is 17.7 Å². The quantitative estimate of drug-likeness (QED) is 0.688. The van der Waals surface area contributed by atoms with E-state index >= 15 is 0 Å². The molecule has 0 N–H and O–H groups in total. The Balaban J connectivity index is 2.95. The molecule has 1 aromatic carbocycles. The van der Waals surface area contributed by atoms with E-state index in [1.807, 2.05) is 19.0 Å². The van der Waals surface area contributed by atoms with Gasteiger partial charge >= 0.3 is 0 Å². The number of hydrogen-bond donors (Lipinski definition) is 0. The Morgan fingerprint density at radius 1 is 1.17 bits per heavy atom. The fourth-order valence-electron chi connectivity index (χ4n) is 1.46. The highest BCUT2D eigenvalue weighted by Crippen LogP contribution is 2.37. The first kappa shape index (κ1) is 14.3. The van der Waals surface area contributed by atoms with Crippen LogP contribution in [0.5, 0.6) is 17.2 Å². The maximum absolute atomic E-state index is 10.8. The number of rotatable bonds is 7. The number of carbonyl (C=O) groups is 1. The van der Waals surface area contributed by atoms with E-state index in [2.05, 4.69) is 0 Å². The summed E-state index contributed by atoms with van der Waals surface area (Å²) in [5.41, 5.74) is 0.493. The van der Waals surface area contributed by atoms with Crippen molar-refractivity contribution in [3.63, 3.8) is 0 Å². The zero-order valence-corrected chi connectivity index (χ0v) is 11.2. The summed E-state index contributed by atoms with van der Waals surface area (Å²) < 4.78 is 16.0. The van der Waals surface area contributed by atoms with Crippen molar-refractivity contribution < 1.29 is 19.0 Å². The molecule has 0 aliphatic rings. The fraction of sp³-hybridized carbons (Fsp3) is 0.462. The Kier molecular flexibility index (Phi) is 5.45. The van der Waals surface area contributed by atoms with E-state index in [9.17, 15) is 4.79 Å². The number of ether oxygens (including phenoxy) is 3. The van der Waals surface area contributed by atoms with Gasteiger partial charge in [0, 0.05) is 12.1 Å². The van der Waals surface area contributed by atoms with E-state index in [4.69, 9.17) is 14.2 Å². The van der Waals surface area contributed by atoms with E-state index in [1.165, 1.54) is 14.2 Å². The topological polar surface area (TPSA) is 48.0 Å². The lowest BCUT2D eigenvalue weighted by atomic mass is 10.2. The number of benzene rings is 1. The van der Waals surface area contributed by atoms with Crippen LogP contribution in [0.3, 0.4) is 0 Å². The minimum absolute atomic E-state index is 0.488. The van der Waals surface area contributed by atoms with Gasteiger partial charge in [-0.25, -0.2) is 0 Å². The number of nitrogens with zero attached hydrogens (tertiary/aromatic N) is 1. The van der Waals surface area contributed by atoms with Crippen molar-refractivity contribution in [2.45, 2.75) is 0 Å². The highest BCUT2D eigenvalue weighted by atomic mass is 16.5. The highest BCUT2D eigenvalue weighted by Gasteiger charge is 2.13. The van der Waals surface area contributed by atoms with Crippen LogP contribution in [0.2, 0.25) is 0 Å². The Morgan fingerprint density at radius 2 is 1.83 bits per heavy atom. The van der Waals surface area contributed by atoms with E-state index < -0.39 is 0 Å². The van der Waals surface area contributed by atoms with Crippen LogP contribution < -0.4 is 14.2 Å². The van der Waals surface area contributed by atoms with Crippen molar-refractivity contribution >= 4 is 6.29 Å². The molecule has 5 nitrogen and oxygen atoms in total. The molecule has 0 aromatic heterocycles. The molecule has 0 aliphatic carbocycles. The summed E-state index contributed by atoms with van der Waals surface area (Å²) in [6.45, 7) is 1.28. The summed E-state index contributed by atoms with van der Waals surface area (Å²) in [7, 11) is 6.99. The zero-order valence-electron chi connectivity index (χ0n) is 11.2. The first-order valence-electron chi connectivity index (χ1n) is 5.61. The van der Waals surface area contributed by atoms with Crippen molar-refractivity contribution in [2.75, 3.05) is 41.5 Å². The van der Waals surface area contributed by atoms with Crippen LogP contribution in [0.4, 0.5) is 0 Å². The van der Waals surface area contributed by atoms with Crippen LogP contribution in [0.1, 0.15) is 10.4 Å². The Bertz CT molecular complexity index is 404. The third-order valence-corrected chi connectivity index (χ3v) is 2.40. The molecule has 0 saturated heterocycles. The van der Waals surface area contributed by atoms with Gasteiger partial charge in [0.2, 0.25) is 5.75 Å². The molecule has 18 heavy (non-hydrogen) atoms. The summed E-state index contributed by atoms with van der Waals surface area (Å²) in [5, 5.41) is 0. The monoisotopic (exact) mass is 253 g/mol. The Hall–Kier alpha value is -1.75. The minimum Gasteiger partial charge on any atom is -0.493 e. The predicted octanol–water partition coefficient (Wildman–Crippen LogP) is 1.46. The molecular weight excluding hydrogens is 234 g/mol. The van der Waals surface area contributed by atoms with Crippen LogP contribution in [0, 0.1) is 0 Å². The molecule has 0 unspecified atom stereocenters. The van der Waals surface area contributed by atoms with Crippen molar-refractivity contribution in [3.8, 4) is 17.2 Å². The van der Waals surface area contributed by atoms with Gasteiger partial charge in [-0.3, -0.25) is 4.79 Å². The van der Waals surface area contributed by atoms with E-state index in [0.717, 1.165) is 12.8 Å². The average Bonchev–Trinajstić information content (AvgIpc) is 2.37. The van der Waals surface area contributed by atoms with E-state index in [0.29, 0.717) is 29.4 Å². The van der Waals surface area contributed by atoms with Gasteiger partial charge < -0.3 is 19.1 Å². The smallest absolute Gasteiger partial charge is 0.203 e. The minimum atomic E-state index is 0.488. The van der Waals surface area contributed by atoms with Gasteiger partial charge in [-0.1, -0.05) is 0 Å². The molecule has 100 valence electrons. The molecule has 1 aromatic rings. The zero-order chi connectivity index (χ0) is 13.5. The second kappa shape index (κ2) is 6.86. The second-order valence-electron chi connectivity index (χ2n) is 4.02. The average molecular weight is 253 g/mol. The molecule has 0 spiro atoms. The van der Waals surface area contributed by atoms with E-state index in [-0.39, 0.29) is 0 Å². The summed E-state index contributed by atoms with van der Waals surface area (Å²) in [6.07, 6.45) is 0.751. The van der Waals surface area contributed by atoms with Crippen molar-refractivity contribution in [1.29, 1.82) is 0 Å². The van der Waals surface area contributed by atoms with Crippen LogP contribution >= 0.6 is 0 Å². The van der Waals surface area contributed by atoms with Crippen LogP contribution in [0.15, 0.2) is 12.1 Å². The SMILES string of the molecule is COc1cc(C=O)cc(OCCN(C)C)c1OC. The first-order valence-corrected chi connectivity index (χ1v) is 5.61. The largest absolute Gasteiger partial charge is 0.493 e. The standard InChI is InChI=1S/C13H19NO4/c1-14(2)5-6-18-12-8-10(9-15)7-11(16-3)13(12)17-4/h7-9H,5-6H2,1-4H3. The Morgan fingerprint density at radius 3 is 2.33 bits per heavy atom. The second-order valence-corrected chi connectivity index (χ2v) is 4.02. The number of methoxy groups -OCH3 is 2. The maximum atomic E-state index is 10.8. The lowest BCUT2D eigenvalue weighted by molar-refractivity contribution is 0.112. The maximum Gasteiger partial charge on any atom is 0.203 e. The summed E-state index contributed by atoms with van der Waals surface area (Å²) in [6, 6.07) is 3.26. The number of hydrogen-bond acceptors (Lipinski definition) is 5. The fourth-order valence-corrected chi connectivity index (χ4v) is 1.46. The number of aldehydes is 1. The lowest BCUT2D eigenvalue weighted by Gasteiger charge is -2.16. The van der Waals surface area contributed by atoms with Crippen LogP contribution in [0.25, 0.3) is 0 Å². The molecule has 0 saturated carbocycles. The molecule has 0 aliphatic heterocycles. The van der Waals surface area contributed by atoms with Gasteiger partial charge in [-0.15, -0.1) is 0 Å². The molecule has 0 amide bonds. The third-order valence-electron chi connectivity index (χ3n) is 2.40. The molecule has 0 heterocycles. The molecule has 0 fully saturated rings. The first-order chi connectivity index (χ1) is 8.62. The Labute approximate surface area is 107 Å². The molecule has 1 rings (SSSR count). The lowest BCUT2D eigenvalue weighted by Crippen LogP contribution is -2.19. The molecular formula is C13H19NO4. The van der Waals surface area contributed by atoms with Gasteiger partial charge in [-0.2, -0.15) is 0 Å². The third kappa shape index (κ3) is 3.63. The normalized spacial score (nSPS) is 10.3. The van der Waals surface area contributed by atoms with Gasteiger partial charge in [0.25, 0.3) is 0 Å². The van der Waals surface area contributed by atoms with Gasteiger partial charge in [0.15, 0.2) is 11.5 Å². The number of likely N-dealkylation sites (N-methyl/N-ethyl adjacent to an activating group) is 1.